The van der Waals surface area contributed by atoms with Crippen LogP contribution < -0.4 is 10.2 Å². The molecule has 4 nitrogen and oxygen atoms in total. The molecule has 0 radical (unpaired) electrons. The number of anilines is 1. The lowest BCUT2D eigenvalue weighted by Gasteiger charge is -2.43. The van der Waals surface area contributed by atoms with Crippen molar-refractivity contribution in [3.8, 4) is 0 Å². The van der Waals surface area contributed by atoms with Gasteiger partial charge >= 0.3 is 0 Å². The van der Waals surface area contributed by atoms with Gasteiger partial charge in [0.1, 0.15) is 11.6 Å². The molecule has 1 aromatic carbocycles. The molecular formula is C16H21BrN2O2. The Morgan fingerprint density at radius 1 is 1.29 bits per heavy atom. The molecule has 1 atom stereocenters. The van der Waals surface area contributed by atoms with Crippen LogP contribution in [-0.2, 0) is 16.0 Å². The van der Waals surface area contributed by atoms with Crippen molar-refractivity contribution in [3.05, 3.63) is 28.2 Å². The number of nitrogens with one attached hydrogen (secondary N) is 1. The van der Waals surface area contributed by atoms with Gasteiger partial charge in [-0.25, -0.2) is 0 Å². The number of halogens is 1. The number of amides is 2. The van der Waals surface area contributed by atoms with Gasteiger partial charge in [0.15, 0.2) is 0 Å². The van der Waals surface area contributed by atoms with Crippen LogP contribution >= 0.6 is 15.9 Å². The number of hydrogen-bond acceptors (Lipinski definition) is 2. The Balaban J connectivity index is 2.57. The van der Waals surface area contributed by atoms with Crippen LogP contribution in [0.3, 0.4) is 0 Å². The van der Waals surface area contributed by atoms with Gasteiger partial charge in [0, 0.05) is 10.2 Å². The lowest BCUT2D eigenvalue weighted by Crippen LogP contribution is -2.68. The Hall–Kier alpha value is -1.36. The summed E-state index contributed by atoms with van der Waals surface area (Å²) >= 11 is 3.46. The van der Waals surface area contributed by atoms with Crippen molar-refractivity contribution in [2.24, 2.45) is 0 Å². The average Bonchev–Trinajstić information content (AvgIpc) is 2.42. The van der Waals surface area contributed by atoms with Crippen molar-refractivity contribution in [1.82, 2.24) is 5.32 Å². The van der Waals surface area contributed by atoms with Crippen molar-refractivity contribution in [3.63, 3.8) is 0 Å². The quantitative estimate of drug-likeness (QED) is 0.908. The summed E-state index contributed by atoms with van der Waals surface area (Å²) < 4.78 is 0.976. The van der Waals surface area contributed by atoms with Gasteiger partial charge in [-0.2, -0.15) is 0 Å². The summed E-state index contributed by atoms with van der Waals surface area (Å²) in [5.74, 6) is -0.155. The number of benzene rings is 1. The molecule has 1 fully saturated rings. The molecule has 5 heteroatoms. The van der Waals surface area contributed by atoms with Gasteiger partial charge in [-0.15, -0.1) is 0 Å². The monoisotopic (exact) mass is 352 g/mol. The summed E-state index contributed by atoms with van der Waals surface area (Å²) in [5, 5.41) is 2.82. The van der Waals surface area contributed by atoms with E-state index in [0.29, 0.717) is 6.42 Å². The van der Waals surface area contributed by atoms with Crippen LogP contribution in [0.1, 0.15) is 39.7 Å². The summed E-state index contributed by atoms with van der Waals surface area (Å²) in [6.45, 7) is 7.46. The highest BCUT2D eigenvalue weighted by Crippen LogP contribution is 2.31. The highest BCUT2D eigenvalue weighted by Gasteiger charge is 2.45. The van der Waals surface area contributed by atoms with E-state index in [1.807, 2.05) is 32.0 Å². The van der Waals surface area contributed by atoms with Crippen LogP contribution in [0.2, 0.25) is 0 Å². The average molecular weight is 353 g/mol. The van der Waals surface area contributed by atoms with Gasteiger partial charge < -0.3 is 5.32 Å². The maximum atomic E-state index is 12.8. The number of hydrogen-bond donors (Lipinski definition) is 1. The number of rotatable bonds is 3. The number of piperazine rings is 1. The highest BCUT2D eigenvalue weighted by molar-refractivity contribution is 9.10. The predicted octanol–water partition coefficient (Wildman–Crippen LogP) is 3.03. The van der Waals surface area contributed by atoms with Crippen molar-refractivity contribution in [1.29, 1.82) is 0 Å². The Morgan fingerprint density at radius 3 is 2.52 bits per heavy atom. The number of nitrogens with zero attached hydrogens (tertiary/aromatic N) is 1. The normalized spacial score (nSPS) is 21.4. The molecule has 0 saturated carbocycles. The molecule has 1 aliphatic heterocycles. The minimum absolute atomic E-state index is 0.0639. The van der Waals surface area contributed by atoms with Crippen LogP contribution in [0.25, 0.3) is 0 Å². The minimum atomic E-state index is -0.874. The van der Waals surface area contributed by atoms with E-state index in [2.05, 4.69) is 21.2 Å². The van der Waals surface area contributed by atoms with E-state index in [4.69, 9.17) is 0 Å². The van der Waals surface area contributed by atoms with Gasteiger partial charge in [-0.3, -0.25) is 14.5 Å². The first-order valence-corrected chi connectivity index (χ1v) is 8.05. The van der Waals surface area contributed by atoms with Crippen LogP contribution in [0.15, 0.2) is 22.7 Å². The van der Waals surface area contributed by atoms with Crippen LogP contribution in [0.4, 0.5) is 5.69 Å². The van der Waals surface area contributed by atoms with E-state index < -0.39 is 11.6 Å². The van der Waals surface area contributed by atoms with Crippen LogP contribution in [-0.4, -0.2) is 23.4 Å². The largest absolute Gasteiger partial charge is 0.340 e. The molecule has 0 bridgehead atoms. The summed E-state index contributed by atoms with van der Waals surface area (Å²) in [4.78, 5) is 26.8. The Kier molecular flexibility index (Phi) is 4.42. The van der Waals surface area contributed by atoms with E-state index >= 15 is 0 Å². The smallest absolute Gasteiger partial charge is 0.252 e. The van der Waals surface area contributed by atoms with Gasteiger partial charge in [0.25, 0.3) is 5.91 Å². The van der Waals surface area contributed by atoms with Crippen molar-refractivity contribution in [2.75, 3.05) is 4.90 Å². The molecule has 1 saturated heterocycles. The zero-order valence-corrected chi connectivity index (χ0v) is 14.5. The van der Waals surface area contributed by atoms with Crippen molar-refractivity contribution < 1.29 is 9.59 Å². The SMILES string of the molecule is CCc1cc(Br)ccc1N1C(=O)C(C)(C)NC(=O)C1CC. The highest BCUT2D eigenvalue weighted by atomic mass is 79.9. The first-order chi connectivity index (χ1) is 9.81. The standard InChI is InChI=1S/C16H21BrN2O2/c1-5-10-9-11(17)7-8-13(10)19-12(6-2)14(20)18-16(3,4)15(19)21/h7-9,12H,5-6H2,1-4H3,(H,18,20). The fourth-order valence-electron chi connectivity index (χ4n) is 2.72. The molecule has 2 rings (SSSR count). The third-order valence-electron chi connectivity index (χ3n) is 3.87. The number of carbonyl (C=O) groups excluding carboxylic acids is 2. The predicted molar refractivity (Wildman–Crippen MR) is 87.3 cm³/mol. The molecule has 0 aliphatic carbocycles. The third kappa shape index (κ3) is 2.84. The second-order valence-corrected chi connectivity index (χ2v) is 6.76. The lowest BCUT2D eigenvalue weighted by molar-refractivity contribution is -0.137. The molecule has 0 aromatic heterocycles. The molecule has 21 heavy (non-hydrogen) atoms. The summed E-state index contributed by atoms with van der Waals surface area (Å²) in [7, 11) is 0. The van der Waals surface area contributed by atoms with E-state index in [1.54, 1.807) is 18.7 Å². The van der Waals surface area contributed by atoms with Crippen molar-refractivity contribution in [2.45, 2.75) is 52.1 Å². The van der Waals surface area contributed by atoms with Gasteiger partial charge in [-0.05, 0) is 50.5 Å². The molecule has 0 spiro atoms. The van der Waals surface area contributed by atoms with Crippen molar-refractivity contribution >= 4 is 33.4 Å². The molecule has 1 N–H and O–H groups in total. The van der Waals surface area contributed by atoms with Crippen LogP contribution in [0.5, 0.6) is 0 Å². The molecule has 1 aromatic rings. The Morgan fingerprint density at radius 2 is 1.95 bits per heavy atom. The molecule has 2 amide bonds. The molecule has 1 aliphatic rings. The fraction of sp³-hybridized carbons (Fsp3) is 0.500. The minimum Gasteiger partial charge on any atom is -0.340 e. The first kappa shape index (κ1) is 16.0. The third-order valence-corrected chi connectivity index (χ3v) is 4.37. The number of carbonyl (C=O) groups is 2. The maximum absolute atomic E-state index is 12.8. The second kappa shape index (κ2) is 5.79. The van der Waals surface area contributed by atoms with Gasteiger partial charge in [-0.1, -0.05) is 29.8 Å². The molecule has 114 valence electrons. The zero-order valence-electron chi connectivity index (χ0n) is 12.9. The fourth-order valence-corrected chi connectivity index (χ4v) is 3.13. The summed E-state index contributed by atoms with van der Waals surface area (Å²) in [6, 6.07) is 5.39. The summed E-state index contributed by atoms with van der Waals surface area (Å²) in [6.07, 6.45) is 1.39. The van der Waals surface area contributed by atoms with Gasteiger partial charge in [0.05, 0.1) is 0 Å². The zero-order chi connectivity index (χ0) is 15.8. The Labute approximate surface area is 134 Å². The van der Waals surface area contributed by atoms with E-state index in [-0.39, 0.29) is 11.8 Å². The van der Waals surface area contributed by atoms with E-state index in [1.165, 1.54) is 0 Å². The Bertz CT molecular complexity index is 584. The molecular weight excluding hydrogens is 332 g/mol. The first-order valence-electron chi connectivity index (χ1n) is 7.26. The molecule has 1 heterocycles. The van der Waals surface area contributed by atoms with E-state index in [9.17, 15) is 9.59 Å². The maximum Gasteiger partial charge on any atom is 0.252 e. The topological polar surface area (TPSA) is 49.4 Å². The van der Waals surface area contributed by atoms with E-state index in [0.717, 1.165) is 22.1 Å². The second-order valence-electron chi connectivity index (χ2n) is 5.84. The summed E-state index contributed by atoms with van der Waals surface area (Å²) in [5.41, 5.74) is 1.02. The van der Waals surface area contributed by atoms with Gasteiger partial charge in [0.2, 0.25) is 5.91 Å². The number of aryl methyl sites for hydroxylation is 1. The molecule has 1 unspecified atom stereocenters. The lowest BCUT2D eigenvalue weighted by atomic mass is 9.94. The van der Waals surface area contributed by atoms with Crippen LogP contribution in [0, 0.1) is 0 Å².